The van der Waals surface area contributed by atoms with Crippen LogP contribution in [-0.4, -0.2) is 29.8 Å². The normalized spacial score (nSPS) is 30.2. The van der Waals surface area contributed by atoms with Crippen molar-refractivity contribution in [2.75, 3.05) is 13.2 Å². The van der Waals surface area contributed by atoms with E-state index >= 15 is 0 Å². The van der Waals surface area contributed by atoms with Gasteiger partial charge in [0.25, 0.3) is 0 Å². The average molecular weight is 231 g/mol. The van der Waals surface area contributed by atoms with Crippen LogP contribution in [0.4, 0.5) is 4.39 Å². The Bertz CT molecular complexity index is 235. The van der Waals surface area contributed by atoms with Crippen molar-refractivity contribution >= 4 is 5.97 Å². The van der Waals surface area contributed by atoms with Crippen molar-refractivity contribution in [1.82, 2.24) is 5.32 Å². The standard InChI is InChI=1S/C12H22FNO2/c1-12(11(15)16)9-10(6-8-14-12)5-3-2-4-7-13/h10,14H,2-9H2,1H3,(H,15,16). The fourth-order valence-electron chi connectivity index (χ4n) is 2.42. The van der Waals surface area contributed by atoms with Crippen LogP contribution in [0.15, 0.2) is 0 Å². The number of unbranched alkanes of at least 4 members (excludes halogenated alkanes) is 2. The van der Waals surface area contributed by atoms with Crippen LogP contribution in [-0.2, 0) is 4.79 Å². The number of rotatable bonds is 6. The van der Waals surface area contributed by atoms with Crippen LogP contribution in [0.25, 0.3) is 0 Å². The number of carboxylic acids is 1. The Morgan fingerprint density at radius 1 is 1.50 bits per heavy atom. The molecule has 0 aromatic carbocycles. The molecule has 0 amide bonds. The summed E-state index contributed by atoms with van der Waals surface area (Å²) in [5.74, 6) is -0.289. The van der Waals surface area contributed by atoms with Gasteiger partial charge in [0.2, 0.25) is 0 Å². The third-order valence-corrected chi connectivity index (χ3v) is 3.48. The van der Waals surface area contributed by atoms with Crippen LogP contribution in [0, 0.1) is 5.92 Å². The lowest BCUT2D eigenvalue weighted by Gasteiger charge is -2.36. The third-order valence-electron chi connectivity index (χ3n) is 3.48. The molecule has 0 saturated carbocycles. The minimum Gasteiger partial charge on any atom is -0.480 e. The van der Waals surface area contributed by atoms with E-state index in [1.165, 1.54) is 0 Å². The van der Waals surface area contributed by atoms with Crippen LogP contribution < -0.4 is 5.32 Å². The molecule has 0 bridgehead atoms. The quantitative estimate of drug-likeness (QED) is 0.690. The summed E-state index contributed by atoms with van der Waals surface area (Å²) in [5.41, 5.74) is -0.761. The van der Waals surface area contributed by atoms with Crippen LogP contribution in [0.5, 0.6) is 0 Å². The number of carboxylic acid groups (broad SMARTS) is 1. The molecule has 0 aromatic rings. The van der Waals surface area contributed by atoms with Gasteiger partial charge in [-0.15, -0.1) is 0 Å². The maximum absolute atomic E-state index is 11.9. The lowest BCUT2D eigenvalue weighted by Crippen LogP contribution is -2.54. The maximum atomic E-state index is 11.9. The summed E-state index contributed by atoms with van der Waals surface area (Å²) in [5, 5.41) is 12.2. The van der Waals surface area contributed by atoms with Gasteiger partial charge >= 0.3 is 5.97 Å². The molecular formula is C12H22FNO2. The summed E-state index contributed by atoms with van der Waals surface area (Å²) >= 11 is 0. The molecule has 1 aliphatic heterocycles. The maximum Gasteiger partial charge on any atom is 0.323 e. The van der Waals surface area contributed by atoms with Gasteiger partial charge in [-0.05, 0) is 38.6 Å². The SMILES string of the molecule is CC1(C(=O)O)CC(CCCCCF)CCN1. The molecule has 0 aliphatic carbocycles. The van der Waals surface area contributed by atoms with Gasteiger partial charge in [0.15, 0.2) is 0 Å². The van der Waals surface area contributed by atoms with Crippen molar-refractivity contribution in [3.63, 3.8) is 0 Å². The molecule has 0 spiro atoms. The second-order valence-electron chi connectivity index (χ2n) is 4.96. The second-order valence-corrected chi connectivity index (χ2v) is 4.96. The Labute approximate surface area is 96.4 Å². The molecule has 1 rings (SSSR count). The number of halogens is 1. The van der Waals surface area contributed by atoms with E-state index in [2.05, 4.69) is 5.32 Å². The van der Waals surface area contributed by atoms with E-state index in [0.717, 1.165) is 32.2 Å². The van der Waals surface area contributed by atoms with Gasteiger partial charge in [0.1, 0.15) is 5.54 Å². The third kappa shape index (κ3) is 3.74. The largest absolute Gasteiger partial charge is 0.480 e. The molecule has 1 fully saturated rings. The summed E-state index contributed by atoms with van der Waals surface area (Å²) in [6, 6.07) is 0. The van der Waals surface area contributed by atoms with Gasteiger partial charge < -0.3 is 10.4 Å². The van der Waals surface area contributed by atoms with Crippen LogP contribution in [0.2, 0.25) is 0 Å². The van der Waals surface area contributed by atoms with Crippen molar-refractivity contribution in [1.29, 1.82) is 0 Å². The first-order chi connectivity index (χ1) is 7.58. The minimum atomic E-state index is -0.763. The Morgan fingerprint density at radius 2 is 2.25 bits per heavy atom. The fraction of sp³-hybridized carbons (Fsp3) is 0.917. The number of alkyl halides is 1. The van der Waals surface area contributed by atoms with Gasteiger partial charge in [-0.1, -0.05) is 19.3 Å². The average Bonchev–Trinajstić information content (AvgIpc) is 2.24. The van der Waals surface area contributed by atoms with Crippen LogP contribution in [0.1, 0.15) is 45.4 Å². The van der Waals surface area contributed by atoms with Crippen molar-refractivity contribution in [2.45, 2.75) is 51.0 Å². The van der Waals surface area contributed by atoms with Crippen molar-refractivity contribution in [3.05, 3.63) is 0 Å². The highest BCUT2D eigenvalue weighted by Gasteiger charge is 2.37. The lowest BCUT2D eigenvalue weighted by atomic mass is 9.81. The number of nitrogens with one attached hydrogen (secondary N) is 1. The molecular weight excluding hydrogens is 209 g/mol. The Morgan fingerprint density at radius 3 is 2.88 bits per heavy atom. The molecule has 16 heavy (non-hydrogen) atoms. The van der Waals surface area contributed by atoms with Crippen molar-refractivity contribution < 1.29 is 14.3 Å². The first-order valence-corrected chi connectivity index (χ1v) is 6.13. The molecule has 2 N–H and O–H groups in total. The monoisotopic (exact) mass is 231 g/mol. The van der Waals surface area contributed by atoms with Crippen LogP contribution >= 0.6 is 0 Å². The minimum absolute atomic E-state index is 0.237. The Balaban J connectivity index is 2.30. The molecule has 1 heterocycles. The first-order valence-electron chi connectivity index (χ1n) is 6.13. The molecule has 2 atom stereocenters. The van der Waals surface area contributed by atoms with E-state index in [-0.39, 0.29) is 6.67 Å². The number of hydrogen-bond acceptors (Lipinski definition) is 2. The van der Waals surface area contributed by atoms with Gasteiger partial charge in [0.05, 0.1) is 6.67 Å². The molecule has 0 radical (unpaired) electrons. The summed E-state index contributed by atoms with van der Waals surface area (Å²) in [4.78, 5) is 11.1. The predicted octanol–water partition coefficient (Wildman–Crippen LogP) is 2.36. The van der Waals surface area contributed by atoms with Crippen LogP contribution in [0.3, 0.4) is 0 Å². The van der Waals surface area contributed by atoms with Gasteiger partial charge in [-0.2, -0.15) is 0 Å². The lowest BCUT2D eigenvalue weighted by molar-refractivity contribution is -0.145. The second kappa shape index (κ2) is 6.18. The summed E-state index contributed by atoms with van der Waals surface area (Å²) in [6.07, 6.45) is 5.34. The number of carbonyl (C=O) groups is 1. The predicted molar refractivity (Wildman–Crippen MR) is 61.2 cm³/mol. The number of hydrogen-bond donors (Lipinski definition) is 2. The molecule has 3 nitrogen and oxygen atoms in total. The molecule has 1 aliphatic rings. The van der Waals surface area contributed by atoms with Crippen molar-refractivity contribution in [2.24, 2.45) is 5.92 Å². The summed E-state index contributed by atoms with van der Waals surface area (Å²) < 4.78 is 11.9. The van der Waals surface area contributed by atoms with E-state index in [4.69, 9.17) is 5.11 Å². The van der Waals surface area contributed by atoms with E-state index in [1.807, 2.05) is 0 Å². The topological polar surface area (TPSA) is 49.3 Å². The molecule has 2 unspecified atom stereocenters. The zero-order chi connectivity index (χ0) is 12.0. The van der Waals surface area contributed by atoms with Gasteiger partial charge in [0, 0.05) is 0 Å². The molecule has 1 saturated heterocycles. The highest BCUT2D eigenvalue weighted by Crippen LogP contribution is 2.28. The first kappa shape index (κ1) is 13.4. The van der Waals surface area contributed by atoms with Gasteiger partial charge in [-0.3, -0.25) is 9.18 Å². The zero-order valence-electron chi connectivity index (χ0n) is 9.97. The molecule has 94 valence electrons. The van der Waals surface area contributed by atoms with Gasteiger partial charge in [-0.25, -0.2) is 0 Å². The summed E-state index contributed by atoms with van der Waals surface area (Å²) in [7, 11) is 0. The van der Waals surface area contributed by atoms with E-state index < -0.39 is 11.5 Å². The number of piperidine rings is 1. The Kier molecular flexibility index (Phi) is 5.19. The fourth-order valence-corrected chi connectivity index (χ4v) is 2.42. The van der Waals surface area contributed by atoms with E-state index in [0.29, 0.717) is 18.8 Å². The smallest absolute Gasteiger partial charge is 0.323 e. The number of aliphatic carboxylic acids is 1. The van der Waals surface area contributed by atoms with Crippen molar-refractivity contribution in [3.8, 4) is 0 Å². The zero-order valence-corrected chi connectivity index (χ0v) is 9.97. The molecule has 4 heteroatoms. The highest BCUT2D eigenvalue weighted by molar-refractivity contribution is 5.78. The summed E-state index contributed by atoms with van der Waals surface area (Å²) in [6.45, 7) is 2.29. The van der Waals surface area contributed by atoms with E-state index in [9.17, 15) is 9.18 Å². The Hall–Kier alpha value is -0.640. The highest BCUT2D eigenvalue weighted by atomic mass is 19.1. The molecule has 0 aromatic heterocycles. The van der Waals surface area contributed by atoms with E-state index in [1.54, 1.807) is 6.92 Å².